The minimum Gasteiger partial charge on any atom is -0.444 e. The van der Waals surface area contributed by atoms with Crippen molar-refractivity contribution in [1.29, 1.82) is 0 Å². The summed E-state index contributed by atoms with van der Waals surface area (Å²) in [5.41, 5.74) is 0.0236. The van der Waals surface area contributed by atoms with Gasteiger partial charge in [-0.2, -0.15) is 0 Å². The number of nitrogens with zero attached hydrogens (tertiary/aromatic N) is 2. The molecule has 1 aliphatic heterocycles. The summed E-state index contributed by atoms with van der Waals surface area (Å²) in [6.07, 6.45) is 0.955. The first-order valence-electron chi connectivity index (χ1n) is 7.84. The molecule has 0 aromatic heterocycles. The van der Waals surface area contributed by atoms with Crippen LogP contribution in [-0.4, -0.2) is 35.7 Å². The number of ether oxygens (including phenoxy) is 1. The number of alkyl carbamates (subject to hydrolysis) is 1. The summed E-state index contributed by atoms with van der Waals surface area (Å²) in [4.78, 5) is 24.5. The normalized spacial score (nSPS) is 15.9. The number of benzene rings is 1. The Morgan fingerprint density at radius 2 is 2.00 bits per heavy atom. The molecule has 132 valence electrons. The number of nitro groups is 1. The monoisotopic (exact) mass is 355 g/mol. The van der Waals surface area contributed by atoms with Gasteiger partial charge in [0.05, 0.1) is 4.92 Å². The van der Waals surface area contributed by atoms with Crippen molar-refractivity contribution in [2.75, 3.05) is 18.0 Å². The number of halogens is 1. The first kappa shape index (κ1) is 18.3. The van der Waals surface area contributed by atoms with E-state index in [-0.39, 0.29) is 11.7 Å². The second-order valence-corrected chi connectivity index (χ2v) is 7.23. The minimum absolute atomic E-state index is 0.000974. The second-order valence-electron chi connectivity index (χ2n) is 6.80. The topological polar surface area (TPSA) is 84.7 Å². The summed E-state index contributed by atoms with van der Waals surface area (Å²) < 4.78 is 5.25. The lowest BCUT2D eigenvalue weighted by molar-refractivity contribution is -0.384. The average Bonchev–Trinajstić information content (AvgIpc) is 2.46. The van der Waals surface area contributed by atoms with Crippen molar-refractivity contribution in [3.8, 4) is 0 Å². The van der Waals surface area contributed by atoms with Crippen molar-refractivity contribution in [2.45, 2.75) is 45.3 Å². The van der Waals surface area contributed by atoms with Gasteiger partial charge in [0.25, 0.3) is 5.69 Å². The van der Waals surface area contributed by atoms with Gasteiger partial charge in [0, 0.05) is 30.2 Å². The Labute approximate surface area is 146 Å². The first-order chi connectivity index (χ1) is 11.2. The van der Waals surface area contributed by atoms with Crippen molar-refractivity contribution in [3.63, 3.8) is 0 Å². The van der Waals surface area contributed by atoms with Gasteiger partial charge in [0.2, 0.25) is 0 Å². The molecule has 1 aromatic carbocycles. The van der Waals surface area contributed by atoms with Crippen molar-refractivity contribution in [3.05, 3.63) is 33.3 Å². The highest BCUT2D eigenvalue weighted by Crippen LogP contribution is 2.32. The van der Waals surface area contributed by atoms with Crippen LogP contribution in [0.1, 0.15) is 33.6 Å². The van der Waals surface area contributed by atoms with Gasteiger partial charge in [-0.1, -0.05) is 11.6 Å². The molecular weight excluding hydrogens is 334 g/mol. The van der Waals surface area contributed by atoms with E-state index in [1.54, 1.807) is 12.1 Å². The standard InChI is InChI=1S/C16H22ClN3O4/c1-16(2,3)24-15(21)18-12-6-8-19(9-7-12)13-5-4-11(17)10-14(13)20(22)23/h4-5,10,12H,6-9H2,1-3H3,(H,18,21). The number of hydrogen-bond donors (Lipinski definition) is 1. The van der Waals surface area contributed by atoms with Crippen molar-refractivity contribution < 1.29 is 14.5 Å². The molecule has 0 radical (unpaired) electrons. The fourth-order valence-corrected chi connectivity index (χ4v) is 2.82. The van der Waals surface area contributed by atoms with Gasteiger partial charge in [-0.05, 0) is 45.7 Å². The number of nitro benzene ring substituents is 1. The van der Waals surface area contributed by atoms with Crippen LogP contribution in [0.25, 0.3) is 0 Å². The molecule has 1 amide bonds. The van der Waals surface area contributed by atoms with Crippen molar-refractivity contribution in [2.24, 2.45) is 0 Å². The molecule has 1 aromatic rings. The molecule has 1 N–H and O–H groups in total. The molecule has 0 aliphatic carbocycles. The number of rotatable bonds is 3. The lowest BCUT2D eigenvalue weighted by Gasteiger charge is -2.34. The van der Waals surface area contributed by atoms with E-state index in [1.807, 2.05) is 25.7 Å². The number of carbonyl (C=O) groups excluding carboxylic acids is 1. The summed E-state index contributed by atoms with van der Waals surface area (Å²) in [5, 5.41) is 14.4. The Kier molecular flexibility index (Phi) is 5.54. The molecule has 0 bridgehead atoms. The van der Waals surface area contributed by atoms with Gasteiger partial charge >= 0.3 is 6.09 Å². The Morgan fingerprint density at radius 1 is 1.38 bits per heavy atom. The molecule has 1 aliphatic rings. The molecule has 7 nitrogen and oxygen atoms in total. The molecule has 0 atom stereocenters. The molecule has 1 saturated heterocycles. The summed E-state index contributed by atoms with van der Waals surface area (Å²) in [6.45, 7) is 6.67. The van der Waals surface area contributed by atoms with E-state index in [0.29, 0.717) is 36.6 Å². The molecule has 8 heteroatoms. The predicted molar refractivity (Wildman–Crippen MR) is 92.7 cm³/mol. The van der Waals surface area contributed by atoms with Crippen LogP contribution in [0.3, 0.4) is 0 Å². The van der Waals surface area contributed by atoms with Crippen LogP contribution in [0.5, 0.6) is 0 Å². The van der Waals surface area contributed by atoms with E-state index in [2.05, 4.69) is 5.32 Å². The van der Waals surface area contributed by atoms with E-state index in [1.165, 1.54) is 6.07 Å². The maximum Gasteiger partial charge on any atom is 0.407 e. The van der Waals surface area contributed by atoms with Crippen LogP contribution < -0.4 is 10.2 Å². The van der Waals surface area contributed by atoms with Gasteiger partial charge in [-0.3, -0.25) is 10.1 Å². The summed E-state index contributed by atoms with van der Waals surface area (Å²) in [5.74, 6) is 0. The zero-order chi connectivity index (χ0) is 17.9. The highest BCUT2D eigenvalue weighted by Gasteiger charge is 2.27. The number of anilines is 1. The van der Waals surface area contributed by atoms with E-state index in [0.717, 1.165) is 0 Å². The Morgan fingerprint density at radius 3 is 2.54 bits per heavy atom. The van der Waals surface area contributed by atoms with Crippen molar-refractivity contribution in [1.82, 2.24) is 5.32 Å². The van der Waals surface area contributed by atoms with Crippen LogP contribution in [-0.2, 0) is 4.74 Å². The molecule has 0 saturated carbocycles. The van der Waals surface area contributed by atoms with Gasteiger partial charge < -0.3 is 15.0 Å². The lowest BCUT2D eigenvalue weighted by atomic mass is 10.0. The van der Waals surface area contributed by atoms with Crippen LogP contribution in [0.4, 0.5) is 16.2 Å². The number of hydrogen-bond acceptors (Lipinski definition) is 5. The summed E-state index contributed by atoms with van der Waals surface area (Å²) in [7, 11) is 0. The Balaban J connectivity index is 1.96. The lowest BCUT2D eigenvalue weighted by Crippen LogP contribution is -2.46. The molecule has 24 heavy (non-hydrogen) atoms. The van der Waals surface area contributed by atoms with E-state index < -0.39 is 16.6 Å². The molecule has 2 rings (SSSR count). The fraction of sp³-hybridized carbons (Fsp3) is 0.562. The second kappa shape index (κ2) is 7.25. The number of piperidine rings is 1. The third-order valence-corrected chi connectivity index (χ3v) is 3.93. The smallest absolute Gasteiger partial charge is 0.407 e. The zero-order valence-corrected chi connectivity index (χ0v) is 14.8. The third-order valence-electron chi connectivity index (χ3n) is 3.69. The minimum atomic E-state index is -0.533. The van der Waals surface area contributed by atoms with Crippen LogP contribution in [0.2, 0.25) is 5.02 Å². The van der Waals surface area contributed by atoms with E-state index in [9.17, 15) is 14.9 Å². The van der Waals surface area contributed by atoms with E-state index >= 15 is 0 Å². The molecular formula is C16H22ClN3O4. The average molecular weight is 356 g/mol. The summed E-state index contributed by atoms with van der Waals surface area (Å²) >= 11 is 5.85. The molecule has 1 heterocycles. The Bertz CT molecular complexity index is 622. The first-order valence-corrected chi connectivity index (χ1v) is 8.22. The predicted octanol–water partition coefficient (Wildman–Crippen LogP) is 3.74. The number of carbonyl (C=O) groups is 1. The van der Waals surface area contributed by atoms with Crippen molar-refractivity contribution >= 4 is 29.1 Å². The molecule has 1 fully saturated rings. The number of amides is 1. The zero-order valence-electron chi connectivity index (χ0n) is 14.0. The third kappa shape index (κ3) is 4.99. The van der Waals surface area contributed by atoms with Crippen LogP contribution in [0, 0.1) is 10.1 Å². The highest BCUT2D eigenvalue weighted by atomic mass is 35.5. The highest BCUT2D eigenvalue weighted by molar-refractivity contribution is 6.30. The Hall–Kier alpha value is -2.02. The van der Waals surface area contributed by atoms with Gasteiger partial charge in [0.15, 0.2) is 0 Å². The summed E-state index contributed by atoms with van der Waals surface area (Å²) in [6, 6.07) is 4.68. The van der Waals surface area contributed by atoms with Gasteiger partial charge in [-0.25, -0.2) is 4.79 Å². The quantitative estimate of drug-likeness (QED) is 0.659. The van der Waals surface area contributed by atoms with Crippen LogP contribution >= 0.6 is 11.6 Å². The SMILES string of the molecule is CC(C)(C)OC(=O)NC1CCN(c2ccc(Cl)cc2[N+](=O)[O-])CC1. The van der Waals surface area contributed by atoms with Gasteiger partial charge in [0.1, 0.15) is 11.3 Å². The number of nitrogens with one attached hydrogen (secondary N) is 1. The largest absolute Gasteiger partial charge is 0.444 e. The maximum atomic E-state index is 11.8. The van der Waals surface area contributed by atoms with E-state index in [4.69, 9.17) is 16.3 Å². The fourth-order valence-electron chi connectivity index (χ4n) is 2.65. The molecule has 0 unspecified atom stereocenters. The maximum absolute atomic E-state index is 11.8. The van der Waals surface area contributed by atoms with Crippen LogP contribution in [0.15, 0.2) is 18.2 Å². The molecule has 0 spiro atoms. The van der Waals surface area contributed by atoms with Gasteiger partial charge in [-0.15, -0.1) is 0 Å².